The van der Waals surface area contributed by atoms with E-state index < -0.39 is 60.6 Å². The molecule has 0 spiro atoms. The molecule has 0 aromatic carbocycles. The van der Waals surface area contributed by atoms with Crippen molar-refractivity contribution in [3.05, 3.63) is 0 Å². The Hall–Kier alpha value is -2.24. The highest BCUT2D eigenvalue weighted by Crippen LogP contribution is 2.07. The number of nitrogens with one attached hydrogen (secondary N) is 3. The Labute approximate surface area is 157 Å². The average molecular weight is 390 g/mol. The van der Waals surface area contributed by atoms with E-state index in [4.69, 9.17) is 15.9 Å². The monoisotopic (exact) mass is 390 g/mol. The number of hydrogen-bond acceptors (Lipinski definition) is 7. The van der Waals surface area contributed by atoms with Gasteiger partial charge in [0.2, 0.25) is 17.7 Å². The standard InChI is InChI=1S/C16H30N4O7/c1-7(2)5-11(15(25)20-12(9(4)22)16(26)27)19-13(23)8(3)18-14(24)10(17)6-21/h7-12,21-22H,5-6,17H2,1-4H3,(H,18,24)(H,19,23)(H,20,25)(H,26,27). The van der Waals surface area contributed by atoms with Crippen molar-refractivity contribution in [2.75, 3.05) is 6.61 Å². The first-order valence-corrected chi connectivity index (χ1v) is 8.59. The van der Waals surface area contributed by atoms with E-state index in [2.05, 4.69) is 16.0 Å². The lowest BCUT2D eigenvalue weighted by atomic mass is 10.0. The van der Waals surface area contributed by atoms with Crippen LogP contribution in [0.1, 0.15) is 34.1 Å². The van der Waals surface area contributed by atoms with Crippen LogP contribution in [0, 0.1) is 5.92 Å². The molecule has 27 heavy (non-hydrogen) atoms. The average Bonchev–Trinajstić information content (AvgIpc) is 2.56. The molecule has 5 unspecified atom stereocenters. The second-order valence-corrected chi connectivity index (χ2v) is 6.78. The molecular weight excluding hydrogens is 360 g/mol. The number of carbonyl (C=O) groups is 4. The van der Waals surface area contributed by atoms with Gasteiger partial charge in [-0.15, -0.1) is 0 Å². The fraction of sp³-hybridized carbons (Fsp3) is 0.750. The second kappa shape index (κ2) is 11.5. The number of carboxylic acid groups (broad SMARTS) is 1. The van der Waals surface area contributed by atoms with Gasteiger partial charge in [-0.25, -0.2) is 4.79 Å². The van der Waals surface area contributed by atoms with Crippen LogP contribution in [0.3, 0.4) is 0 Å². The Kier molecular flexibility index (Phi) is 10.5. The number of carbonyl (C=O) groups excluding carboxylic acids is 3. The minimum absolute atomic E-state index is 0.0106. The van der Waals surface area contributed by atoms with Crippen LogP contribution >= 0.6 is 0 Å². The zero-order valence-electron chi connectivity index (χ0n) is 15.9. The predicted octanol–water partition coefficient (Wildman–Crippen LogP) is -2.71. The van der Waals surface area contributed by atoms with Gasteiger partial charge in [0.1, 0.15) is 18.1 Å². The van der Waals surface area contributed by atoms with Crippen molar-refractivity contribution in [2.45, 2.75) is 64.4 Å². The maximum absolute atomic E-state index is 12.4. The molecule has 0 saturated heterocycles. The molecule has 11 nitrogen and oxygen atoms in total. The summed E-state index contributed by atoms with van der Waals surface area (Å²) in [5.74, 6) is -3.60. The first-order valence-electron chi connectivity index (χ1n) is 8.59. The van der Waals surface area contributed by atoms with E-state index in [1.165, 1.54) is 13.8 Å². The van der Waals surface area contributed by atoms with Crippen molar-refractivity contribution in [1.29, 1.82) is 0 Å². The van der Waals surface area contributed by atoms with E-state index in [0.29, 0.717) is 0 Å². The third kappa shape index (κ3) is 8.80. The molecule has 0 aromatic heterocycles. The molecule has 0 aliphatic rings. The van der Waals surface area contributed by atoms with Gasteiger partial charge in [0.05, 0.1) is 12.7 Å². The molecule has 0 heterocycles. The molecule has 0 bridgehead atoms. The molecule has 0 radical (unpaired) electrons. The Morgan fingerprint density at radius 1 is 0.926 bits per heavy atom. The summed E-state index contributed by atoms with van der Waals surface area (Å²) >= 11 is 0. The number of amides is 3. The van der Waals surface area contributed by atoms with Crippen molar-refractivity contribution in [1.82, 2.24) is 16.0 Å². The summed E-state index contributed by atoms with van der Waals surface area (Å²) in [7, 11) is 0. The lowest BCUT2D eigenvalue weighted by Crippen LogP contribution is -2.58. The van der Waals surface area contributed by atoms with Crippen LogP contribution in [-0.2, 0) is 19.2 Å². The van der Waals surface area contributed by atoms with Gasteiger partial charge in [-0.2, -0.15) is 0 Å². The predicted molar refractivity (Wildman–Crippen MR) is 95.3 cm³/mol. The van der Waals surface area contributed by atoms with E-state index in [1.807, 2.05) is 0 Å². The van der Waals surface area contributed by atoms with Gasteiger partial charge in [-0.1, -0.05) is 13.8 Å². The van der Waals surface area contributed by atoms with Crippen molar-refractivity contribution in [3.8, 4) is 0 Å². The Morgan fingerprint density at radius 3 is 1.89 bits per heavy atom. The van der Waals surface area contributed by atoms with E-state index >= 15 is 0 Å². The smallest absolute Gasteiger partial charge is 0.328 e. The van der Waals surface area contributed by atoms with Crippen LogP contribution < -0.4 is 21.7 Å². The molecule has 156 valence electrons. The second-order valence-electron chi connectivity index (χ2n) is 6.78. The van der Waals surface area contributed by atoms with E-state index in [0.717, 1.165) is 0 Å². The Morgan fingerprint density at radius 2 is 1.48 bits per heavy atom. The zero-order chi connectivity index (χ0) is 21.3. The van der Waals surface area contributed by atoms with Crippen molar-refractivity contribution in [3.63, 3.8) is 0 Å². The summed E-state index contributed by atoms with van der Waals surface area (Å²) in [6.45, 7) is 5.62. The number of aliphatic hydroxyl groups is 2. The van der Waals surface area contributed by atoms with Gasteiger partial charge in [0, 0.05) is 0 Å². The first kappa shape index (κ1) is 24.8. The van der Waals surface area contributed by atoms with Gasteiger partial charge in [0.15, 0.2) is 6.04 Å². The topological polar surface area (TPSA) is 191 Å². The van der Waals surface area contributed by atoms with Gasteiger partial charge >= 0.3 is 5.97 Å². The van der Waals surface area contributed by atoms with Crippen molar-refractivity contribution in [2.24, 2.45) is 11.7 Å². The van der Waals surface area contributed by atoms with Gasteiger partial charge < -0.3 is 37.0 Å². The molecule has 0 aliphatic carbocycles. The molecule has 3 amide bonds. The number of carboxylic acids is 1. The minimum atomic E-state index is -1.52. The van der Waals surface area contributed by atoms with Crippen molar-refractivity contribution >= 4 is 23.7 Å². The molecule has 0 saturated carbocycles. The number of aliphatic hydroxyl groups excluding tert-OH is 2. The molecule has 0 aromatic rings. The Bertz CT molecular complexity index is 539. The lowest BCUT2D eigenvalue weighted by molar-refractivity contribution is -0.145. The molecule has 0 aliphatic heterocycles. The fourth-order valence-electron chi connectivity index (χ4n) is 2.11. The number of nitrogens with two attached hydrogens (primary N) is 1. The highest BCUT2D eigenvalue weighted by molar-refractivity contribution is 5.93. The number of rotatable bonds is 11. The quantitative estimate of drug-likeness (QED) is 0.198. The van der Waals surface area contributed by atoms with E-state index in [1.54, 1.807) is 13.8 Å². The van der Waals surface area contributed by atoms with Gasteiger partial charge in [-0.3, -0.25) is 14.4 Å². The summed E-state index contributed by atoms with van der Waals surface area (Å²) in [6, 6.07) is -4.81. The Balaban J connectivity index is 5.08. The van der Waals surface area contributed by atoms with Crippen LogP contribution in [0.2, 0.25) is 0 Å². The molecule has 0 rings (SSSR count). The third-order valence-electron chi connectivity index (χ3n) is 3.67. The van der Waals surface area contributed by atoms with Gasteiger partial charge in [-0.05, 0) is 26.2 Å². The van der Waals surface area contributed by atoms with Crippen LogP contribution in [-0.4, -0.2) is 75.9 Å². The maximum Gasteiger partial charge on any atom is 0.328 e. The third-order valence-corrected chi connectivity index (χ3v) is 3.67. The highest BCUT2D eigenvalue weighted by atomic mass is 16.4. The molecule has 11 heteroatoms. The number of hydrogen-bond donors (Lipinski definition) is 7. The summed E-state index contributed by atoms with van der Waals surface area (Å²) in [5, 5.41) is 34.3. The molecule has 8 N–H and O–H groups in total. The zero-order valence-corrected chi connectivity index (χ0v) is 15.9. The maximum atomic E-state index is 12.4. The molecule has 0 fully saturated rings. The summed E-state index contributed by atoms with van der Waals surface area (Å²) < 4.78 is 0. The van der Waals surface area contributed by atoms with Crippen molar-refractivity contribution < 1.29 is 34.5 Å². The first-order chi connectivity index (χ1) is 12.4. The molecule has 5 atom stereocenters. The van der Waals surface area contributed by atoms with Crippen LogP contribution in [0.25, 0.3) is 0 Å². The fourth-order valence-corrected chi connectivity index (χ4v) is 2.11. The minimum Gasteiger partial charge on any atom is -0.480 e. The normalized spacial score (nSPS) is 16.6. The summed E-state index contributed by atoms with van der Waals surface area (Å²) in [5.41, 5.74) is 5.35. The summed E-state index contributed by atoms with van der Waals surface area (Å²) in [6.07, 6.45) is -1.12. The largest absolute Gasteiger partial charge is 0.480 e. The lowest BCUT2D eigenvalue weighted by Gasteiger charge is -2.25. The van der Waals surface area contributed by atoms with E-state index in [-0.39, 0.29) is 12.3 Å². The number of aliphatic carboxylic acids is 1. The van der Waals surface area contributed by atoms with E-state index in [9.17, 15) is 24.3 Å². The van der Waals surface area contributed by atoms with Gasteiger partial charge in [0.25, 0.3) is 0 Å². The van der Waals surface area contributed by atoms with Crippen LogP contribution in [0.15, 0.2) is 0 Å². The highest BCUT2D eigenvalue weighted by Gasteiger charge is 2.31. The van der Waals surface area contributed by atoms with Crippen LogP contribution in [0.4, 0.5) is 0 Å². The SMILES string of the molecule is CC(C)CC(NC(=O)C(C)NC(=O)C(N)CO)C(=O)NC(C(=O)O)C(C)O. The van der Waals surface area contributed by atoms with Crippen LogP contribution in [0.5, 0.6) is 0 Å². The molecular formula is C16H30N4O7. The summed E-state index contributed by atoms with van der Waals surface area (Å²) in [4.78, 5) is 47.4.